The van der Waals surface area contributed by atoms with E-state index in [1.807, 2.05) is 24.5 Å². The van der Waals surface area contributed by atoms with Gasteiger partial charge in [0.15, 0.2) is 0 Å². The number of hydrogen-bond donors (Lipinski definition) is 1. The number of benzene rings is 1. The quantitative estimate of drug-likeness (QED) is 0.797. The van der Waals surface area contributed by atoms with E-state index in [1.165, 1.54) is 13.1 Å². The fourth-order valence-corrected chi connectivity index (χ4v) is 3.85. The highest BCUT2D eigenvalue weighted by Crippen LogP contribution is 2.33. The van der Waals surface area contributed by atoms with Crippen molar-refractivity contribution in [1.29, 1.82) is 0 Å². The second-order valence-electron chi connectivity index (χ2n) is 5.87. The molecule has 2 heterocycles. The van der Waals surface area contributed by atoms with Crippen LogP contribution in [0.25, 0.3) is 11.8 Å². The van der Waals surface area contributed by atoms with Crippen molar-refractivity contribution in [2.45, 2.75) is 13.8 Å². The molecular weight excluding hydrogens is 376 g/mol. The lowest BCUT2D eigenvalue weighted by Crippen LogP contribution is -2.22. The Kier molecular flexibility index (Phi) is 4.68. The van der Waals surface area contributed by atoms with E-state index in [1.54, 1.807) is 18.2 Å². The van der Waals surface area contributed by atoms with Crippen molar-refractivity contribution >= 4 is 46.6 Å². The lowest BCUT2D eigenvalue weighted by molar-refractivity contribution is -0.121. The summed E-state index contributed by atoms with van der Waals surface area (Å²) in [6.45, 7) is 3.75. The molecule has 1 saturated heterocycles. The zero-order chi connectivity index (χ0) is 19.2. The summed E-state index contributed by atoms with van der Waals surface area (Å²) in [4.78, 5) is 36.5. The molecule has 0 saturated carbocycles. The highest BCUT2D eigenvalue weighted by atomic mass is 35.5. The van der Waals surface area contributed by atoms with Crippen molar-refractivity contribution in [3.8, 4) is 5.69 Å². The summed E-state index contributed by atoms with van der Waals surface area (Å²) in [6, 6.07) is 6.67. The largest absolute Gasteiger partial charge is 0.478 e. The Hall–Kier alpha value is -2.51. The van der Waals surface area contributed by atoms with E-state index in [0.29, 0.717) is 10.6 Å². The number of nitrogens with zero attached hydrogens (tertiary/aromatic N) is 2. The Morgan fingerprint density at radius 3 is 2.50 bits per heavy atom. The molecule has 1 N–H and O–H groups in total. The van der Waals surface area contributed by atoms with E-state index in [2.05, 4.69) is 0 Å². The van der Waals surface area contributed by atoms with Gasteiger partial charge >= 0.3 is 5.97 Å². The number of rotatable bonds is 3. The first-order chi connectivity index (χ1) is 12.2. The van der Waals surface area contributed by atoms with Gasteiger partial charge in [0.1, 0.15) is 0 Å². The van der Waals surface area contributed by atoms with Crippen LogP contribution >= 0.6 is 23.4 Å². The minimum atomic E-state index is -1.10. The van der Waals surface area contributed by atoms with Gasteiger partial charge in [0.2, 0.25) is 0 Å². The number of likely N-dealkylation sites (N-methyl/N-ethyl adjacent to an activating group) is 1. The van der Waals surface area contributed by atoms with Gasteiger partial charge < -0.3 is 9.67 Å². The molecule has 0 spiro atoms. The molecular formula is C18H15ClN2O4S. The molecule has 3 rings (SSSR count). The fourth-order valence-electron chi connectivity index (χ4n) is 2.83. The van der Waals surface area contributed by atoms with Crippen molar-refractivity contribution < 1.29 is 19.5 Å². The summed E-state index contributed by atoms with van der Waals surface area (Å²) < 4.78 is 1.88. The van der Waals surface area contributed by atoms with Gasteiger partial charge in [-0.3, -0.25) is 14.5 Å². The van der Waals surface area contributed by atoms with Crippen LogP contribution in [0.15, 0.2) is 29.2 Å². The Balaban J connectivity index is 2.08. The number of carbonyl (C=O) groups excluding carboxylic acids is 2. The predicted octanol–water partition coefficient (Wildman–Crippen LogP) is 4.11. The van der Waals surface area contributed by atoms with Crippen LogP contribution in [0.3, 0.4) is 0 Å². The summed E-state index contributed by atoms with van der Waals surface area (Å²) in [5, 5.41) is 9.13. The second kappa shape index (κ2) is 6.66. The monoisotopic (exact) mass is 390 g/mol. The van der Waals surface area contributed by atoms with Crippen LogP contribution in [0, 0.1) is 13.8 Å². The maximum Gasteiger partial charge on any atom is 0.337 e. The number of thioether (sulfide) groups is 1. The van der Waals surface area contributed by atoms with Gasteiger partial charge in [0.25, 0.3) is 11.1 Å². The van der Waals surface area contributed by atoms with Gasteiger partial charge in [-0.05, 0) is 61.5 Å². The average molecular weight is 391 g/mol. The van der Waals surface area contributed by atoms with E-state index in [4.69, 9.17) is 11.6 Å². The fraction of sp³-hybridized carbons (Fsp3) is 0.167. The van der Waals surface area contributed by atoms with Crippen LogP contribution in [0.2, 0.25) is 5.02 Å². The molecule has 0 atom stereocenters. The topological polar surface area (TPSA) is 79.6 Å². The van der Waals surface area contributed by atoms with E-state index < -0.39 is 5.97 Å². The lowest BCUT2D eigenvalue weighted by atomic mass is 10.2. The third-order valence-electron chi connectivity index (χ3n) is 4.18. The summed E-state index contributed by atoms with van der Waals surface area (Å²) in [5.41, 5.74) is 3.15. The number of carbonyl (C=O) groups is 3. The molecule has 1 aliphatic rings. The molecule has 134 valence electrons. The Bertz CT molecular complexity index is 993. The van der Waals surface area contributed by atoms with Gasteiger partial charge in [-0.25, -0.2) is 4.79 Å². The number of aromatic carboxylic acids is 1. The van der Waals surface area contributed by atoms with Crippen molar-refractivity contribution in [3.05, 3.63) is 56.7 Å². The van der Waals surface area contributed by atoms with Crippen molar-refractivity contribution in [1.82, 2.24) is 9.47 Å². The maximum absolute atomic E-state index is 12.1. The van der Waals surface area contributed by atoms with Crippen molar-refractivity contribution in [2.24, 2.45) is 0 Å². The SMILES string of the molecule is Cc1cc(/C=C2\SC(=O)N(C)C2=O)c(C)n1-c1ccc(Cl)c(C(=O)O)c1. The molecule has 2 aromatic rings. The molecule has 2 amide bonds. The second-order valence-corrected chi connectivity index (χ2v) is 7.27. The molecule has 8 heteroatoms. The summed E-state index contributed by atoms with van der Waals surface area (Å²) >= 11 is 6.84. The van der Waals surface area contributed by atoms with Crippen molar-refractivity contribution in [2.75, 3.05) is 7.05 Å². The third kappa shape index (κ3) is 3.04. The van der Waals surface area contributed by atoms with E-state index in [-0.39, 0.29) is 21.7 Å². The first kappa shape index (κ1) is 18.3. The molecule has 26 heavy (non-hydrogen) atoms. The van der Waals surface area contributed by atoms with Gasteiger partial charge in [-0.15, -0.1) is 0 Å². The molecule has 1 fully saturated rings. The smallest absolute Gasteiger partial charge is 0.337 e. The van der Waals surface area contributed by atoms with E-state index in [0.717, 1.165) is 33.6 Å². The van der Waals surface area contributed by atoms with E-state index in [9.17, 15) is 19.5 Å². The van der Waals surface area contributed by atoms with Gasteiger partial charge in [-0.1, -0.05) is 11.6 Å². The van der Waals surface area contributed by atoms with Gasteiger partial charge in [-0.2, -0.15) is 0 Å². The van der Waals surface area contributed by atoms with Gasteiger partial charge in [0.05, 0.1) is 15.5 Å². The first-order valence-corrected chi connectivity index (χ1v) is 8.84. The molecule has 0 aliphatic carbocycles. The van der Waals surface area contributed by atoms with Crippen LogP contribution in [-0.4, -0.2) is 38.7 Å². The zero-order valence-corrected chi connectivity index (χ0v) is 15.8. The minimum absolute atomic E-state index is 0.0188. The first-order valence-electron chi connectivity index (χ1n) is 7.64. The molecule has 1 aromatic carbocycles. The summed E-state index contributed by atoms with van der Waals surface area (Å²) in [5.74, 6) is -1.43. The number of halogens is 1. The van der Waals surface area contributed by atoms with Crippen LogP contribution in [0.1, 0.15) is 27.3 Å². The predicted molar refractivity (Wildman–Crippen MR) is 101 cm³/mol. The standard InChI is InChI=1S/C18H15ClN2O4S/c1-9-6-11(7-15-16(22)20(3)18(25)26-15)10(2)21(9)12-4-5-14(19)13(8-12)17(23)24/h4-8H,1-3H3,(H,23,24)/b15-7-. The van der Waals surface area contributed by atoms with Crippen LogP contribution < -0.4 is 0 Å². The molecule has 0 unspecified atom stereocenters. The molecule has 0 radical (unpaired) electrons. The Morgan fingerprint density at radius 2 is 1.92 bits per heavy atom. The third-order valence-corrected chi connectivity index (χ3v) is 5.47. The van der Waals surface area contributed by atoms with E-state index >= 15 is 0 Å². The van der Waals surface area contributed by atoms with Crippen LogP contribution in [-0.2, 0) is 4.79 Å². The maximum atomic E-state index is 12.1. The zero-order valence-electron chi connectivity index (χ0n) is 14.2. The molecule has 0 bridgehead atoms. The van der Waals surface area contributed by atoms with Crippen molar-refractivity contribution in [3.63, 3.8) is 0 Å². The molecule has 6 nitrogen and oxygen atoms in total. The van der Waals surface area contributed by atoms with Gasteiger partial charge in [0, 0.05) is 24.1 Å². The average Bonchev–Trinajstić information content (AvgIpc) is 2.99. The number of hydrogen-bond acceptors (Lipinski definition) is 4. The number of carboxylic acid groups (broad SMARTS) is 1. The van der Waals surface area contributed by atoms with Crippen LogP contribution in [0.5, 0.6) is 0 Å². The molecule has 1 aromatic heterocycles. The number of amides is 2. The summed E-state index contributed by atoms with van der Waals surface area (Å²) in [7, 11) is 1.45. The molecule has 1 aliphatic heterocycles. The summed E-state index contributed by atoms with van der Waals surface area (Å²) in [6.07, 6.45) is 1.68. The normalized spacial score (nSPS) is 16.0. The number of aryl methyl sites for hydroxylation is 1. The Morgan fingerprint density at radius 1 is 1.23 bits per heavy atom. The lowest BCUT2D eigenvalue weighted by Gasteiger charge is -2.11. The van der Waals surface area contributed by atoms with Crippen LogP contribution in [0.4, 0.5) is 4.79 Å². The highest BCUT2D eigenvalue weighted by Gasteiger charge is 2.32. The number of aromatic nitrogens is 1. The highest BCUT2D eigenvalue weighted by molar-refractivity contribution is 8.18. The number of carboxylic acids is 1. The Labute approximate surface area is 159 Å². The minimum Gasteiger partial charge on any atom is -0.478 e. The number of imide groups is 1.